The summed E-state index contributed by atoms with van der Waals surface area (Å²) in [5, 5.41) is 15.5. The Balaban J connectivity index is 1.28. The van der Waals surface area contributed by atoms with E-state index in [0.29, 0.717) is 19.6 Å². The lowest BCUT2D eigenvalue weighted by atomic mass is 9.94. The third-order valence-corrected chi connectivity index (χ3v) is 10.7. The minimum Gasteiger partial charge on any atom is -0.492 e. The van der Waals surface area contributed by atoms with Gasteiger partial charge in [-0.3, -0.25) is 28.9 Å². The Labute approximate surface area is 353 Å². The van der Waals surface area contributed by atoms with Crippen LogP contribution >= 0.6 is 0 Å². The number of hydrogen-bond donors (Lipinski definition) is 5. The van der Waals surface area contributed by atoms with Gasteiger partial charge in [0.05, 0.1) is 6.04 Å². The molecule has 0 bridgehead atoms. The Kier molecular flexibility index (Phi) is 16.5. The van der Waals surface area contributed by atoms with Crippen molar-refractivity contribution in [1.82, 2.24) is 31.5 Å². The quantitative estimate of drug-likeness (QED) is 0.108. The number of carbonyl (C=O) groups excluding carboxylic acids is 6. The van der Waals surface area contributed by atoms with Gasteiger partial charge in [-0.2, -0.15) is 0 Å². The van der Waals surface area contributed by atoms with Gasteiger partial charge < -0.3 is 36.1 Å². The fourth-order valence-corrected chi connectivity index (χ4v) is 7.58. The smallest absolute Gasteiger partial charge is 0.408 e. The molecule has 3 aromatic carbocycles. The summed E-state index contributed by atoms with van der Waals surface area (Å²) in [4.78, 5) is 83.2. The van der Waals surface area contributed by atoms with E-state index in [4.69, 9.17) is 9.47 Å². The van der Waals surface area contributed by atoms with Crippen molar-refractivity contribution in [3.8, 4) is 5.75 Å². The van der Waals surface area contributed by atoms with Crippen LogP contribution < -0.4 is 31.3 Å². The van der Waals surface area contributed by atoms with Gasteiger partial charge in [-0.05, 0) is 106 Å². The van der Waals surface area contributed by atoms with Crippen molar-refractivity contribution in [3.05, 3.63) is 77.9 Å². The zero-order valence-corrected chi connectivity index (χ0v) is 35.6. The molecule has 2 heterocycles. The van der Waals surface area contributed by atoms with Crippen molar-refractivity contribution in [2.45, 2.75) is 110 Å². The van der Waals surface area contributed by atoms with Crippen molar-refractivity contribution < 1.29 is 38.2 Å². The number of ether oxygens (including phenoxy) is 2. The Bertz CT molecular complexity index is 1950. The minimum absolute atomic E-state index is 0.0574. The predicted molar refractivity (Wildman–Crippen MR) is 229 cm³/mol. The van der Waals surface area contributed by atoms with Crippen LogP contribution in [-0.2, 0) is 41.7 Å². The van der Waals surface area contributed by atoms with E-state index >= 15 is 0 Å². The van der Waals surface area contributed by atoms with E-state index in [2.05, 4.69) is 31.5 Å². The van der Waals surface area contributed by atoms with Gasteiger partial charge in [-0.15, -0.1) is 0 Å². The zero-order chi connectivity index (χ0) is 43.2. The summed E-state index contributed by atoms with van der Waals surface area (Å²) >= 11 is 0. The molecule has 2 aliphatic rings. The second kappa shape index (κ2) is 21.7. The number of benzene rings is 3. The predicted octanol–water partition coefficient (Wildman–Crippen LogP) is 4.57. The number of alkyl carbamates (subject to hydrolysis) is 1. The molecule has 0 spiro atoms. The second-order valence-corrected chi connectivity index (χ2v) is 17.3. The lowest BCUT2D eigenvalue weighted by Gasteiger charge is -2.27. The molecule has 5 N–H and O–H groups in total. The summed E-state index contributed by atoms with van der Waals surface area (Å²) < 4.78 is 11.5. The Morgan fingerprint density at radius 3 is 2.20 bits per heavy atom. The first-order chi connectivity index (χ1) is 28.6. The van der Waals surface area contributed by atoms with Gasteiger partial charge in [-0.25, -0.2) is 4.79 Å². The topological polar surface area (TPSA) is 184 Å². The number of nitrogens with one attached hydrogen (secondary N) is 5. The van der Waals surface area contributed by atoms with Crippen LogP contribution in [-0.4, -0.2) is 96.9 Å². The molecule has 60 heavy (non-hydrogen) atoms. The summed E-state index contributed by atoms with van der Waals surface area (Å²) in [7, 11) is 0. The molecule has 2 fully saturated rings. The van der Waals surface area contributed by atoms with Crippen molar-refractivity contribution in [3.63, 3.8) is 0 Å². The van der Waals surface area contributed by atoms with E-state index in [9.17, 15) is 28.8 Å². The van der Waals surface area contributed by atoms with Crippen LogP contribution in [0.3, 0.4) is 0 Å². The normalized spacial score (nSPS) is 17.2. The van der Waals surface area contributed by atoms with E-state index in [1.54, 1.807) is 20.8 Å². The van der Waals surface area contributed by atoms with Crippen molar-refractivity contribution in [2.24, 2.45) is 11.8 Å². The molecule has 2 saturated heterocycles. The molecule has 3 aromatic rings. The summed E-state index contributed by atoms with van der Waals surface area (Å²) in [6.45, 7) is 13.0. The van der Waals surface area contributed by atoms with Crippen LogP contribution in [0.4, 0.5) is 4.79 Å². The molecule has 5 amide bonds. The van der Waals surface area contributed by atoms with Gasteiger partial charge >= 0.3 is 6.09 Å². The largest absolute Gasteiger partial charge is 0.492 e. The van der Waals surface area contributed by atoms with Gasteiger partial charge in [0.25, 0.3) is 5.91 Å². The maximum atomic E-state index is 14.3. The van der Waals surface area contributed by atoms with E-state index in [1.807, 2.05) is 80.6 Å². The standard InChI is InChI=1S/C46H62N6O8/c1-30(2)26-38(42(55)48-37(28-34-20-21-47-41(34)54)40(53)44(57)51-46(3,4)5)49-43(56)39(27-33-14-11-13-32-12-7-8-15-36(32)33)50-45(58)60-29-31-16-18-35(19-17-31)59-25-24-52-22-9-6-10-23-52/h7-8,11-19,30,34,37-39H,6,9-10,20-29H2,1-5H3,(H,47,54)(H,48,55)(H,49,56)(H,50,58)(H,51,57)/t34-,37-,38-,39-/m0/s1. The van der Waals surface area contributed by atoms with Gasteiger partial charge in [0, 0.05) is 31.0 Å². The maximum absolute atomic E-state index is 14.3. The lowest BCUT2D eigenvalue weighted by molar-refractivity contribution is -0.142. The Morgan fingerprint density at radius 2 is 1.52 bits per heavy atom. The van der Waals surface area contributed by atoms with E-state index in [-0.39, 0.29) is 37.7 Å². The molecule has 0 saturated carbocycles. The van der Waals surface area contributed by atoms with Gasteiger partial charge in [0.2, 0.25) is 23.5 Å². The highest BCUT2D eigenvalue weighted by atomic mass is 16.5. The van der Waals surface area contributed by atoms with E-state index in [0.717, 1.165) is 47.3 Å². The SMILES string of the molecule is CC(C)C[C@H](NC(=O)[C@H](Cc1cccc2ccccc12)NC(=O)OCc1ccc(OCCN2CCCCC2)cc1)C(=O)N[C@@H](C[C@@H]1CCNC1=O)C(=O)C(=O)NC(C)(C)C. The Morgan fingerprint density at radius 1 is 0.833 bits per heavy atom. The molecule has 4 atom stereocenters. The highest BCUT2D eigenvalue weighted by molar-refractivity contribution is 6.38. The van der Waals surface area contributed by atoms with Crippen molar-refractivity contribution in [2.75, 3.05) is 32.8 Å². The van der Waals surface area contributed by atoms with Crippen LogP contribution in [0.1, 0.15) is 84.3 Å². The molecule has 324 valence electrons. The second-order valence-electron chi connectivity index (χ2n) is 17.3. The maximum Gasteiger partial charge on any atom is 0.408 e. The van der Waals surface area contributed by atoms with Gasteiger partial charge in [0.1, 0.15) is 31.0 Å². The highest BCUT2D eigenvalue weighted by Gasteiger charge is 2.37. The number of fused-ring (bicyclic) bond motifs is 1. The van der Waals surface area contributed by atoms with E-state index < -0.39 is 59.2 Å². The third-order valence-electron chi connectivity index (χ3n) is 10.7. The summed E-state index contributed by atoms with van der Waals surface area (Å²) in [6.07, 6.45) is 3.52. The molecule has 0 aliphatic carbocycles. The molecule has 0 radical (unpaired) electrons. The number of rotatable bonds is 19. The van der Waals surface area contributed by atoms with Crippen LogP contribution in [0.2, 0.25) is 0 Å². The molecule has 14 heteroatoms. The monoisotopic (exact) mass is 826 g/mol. The average molecular weight is 827 g/mol. The van der Waals surface area contributed by atoms with Gasteiger partial charge in [-0.1, -0.05) is 74.9 Å². The molecular weight excluding hydrogens is 765 g/mol. The number of hydrogen-bond acceptors (Lipinski definition) is 9. The molecule has 2 aliphatic heterocycles. The fourth-order valence-electron chi connectivity index (χ4n) is 7.58. The van der Waals surface area contributed by atoms with Crippen molar-refractivity contribution >= 4 is 46.3 Å². The average Bonchev–Trinajstić information content (AvgIpc) is 3.62. The molecule has 0 unspecified atom stereocenters. The molecule has 5 rings (SSSR count). The van der Waals surface area contributed by atoms with Crippen LogP contribution in [0.5, 0.6) is 5.75 Å². The number of Topliss-reactive ketones (excluding diaryl/α,β-unsaturated/α-hetero) is 1. The van der Waals surface area contributed by atoms with E-state index in [1.165, 1.54) is 19.3 Å². The number of ketones is 1. The number of likely N-dealkylation sites (tertiary alicyclic amines) is 1. The first-order valence-electron chi connectivity index (χ1n) is 21.2. The molecule has 0 aromatic heterocycles. The summed E-state index contributed by atoms with van der Waals surface area (Å²) in [6, 6.07) is 17.1. The van der Waals surface area contributed by atoms with Crippen LogP contribution in [0, 0.1) is 11.8 Å². The summed E-state index contributed by atoms with van der Waals surface area (Å²) in [5.74, 6) is -3.31. The zero-order valence-electron chi connectivity index (χ0n) is 35.6. The molecular formula is C46H62N6O8. The van der Waals surface area contributed by atoms with Crippen LogP contribution in [0.25, 0.3) is 10.8 Å². The highest BCUT2D eigenvalue weighted by Crippen LogP contribution is 2.22. The van der Waals surface area contributed by atoms with Crippen LogP contribution in [0.15, 0.2) is 66.7 Å². The number of amides is 5. The first-order valence-corrected chi connectivity index (χ1v) is 21.2. The first kappa shape index (κ1) is 45.6. The summed E-state index contributed by atoms with van der Waals surface area (Å²) in [5.41, 5.74) is 0.798. The number of nitrogens with zero attached hydrogens (tertiary/aromatic N) is 1. The number of piperidine rings is 1. The molecule has 14 nitrogen and oxygen atoms in total. The van der Waals surface area contributed by atoms with Crippen molar-refractivity contribution in [1.29, 1.82) is 0 Å². The fraction of sp³-hybridized carbons (Fsp3) is 0.522. The Hall–Kier alpha value is -5.50. The third kappa shape index (κ3) is 14.1. The lowest BCUT2D eigenvalue weighted by Crippen LogP contribution is -2.58. The minimum atomic E-state index is -1.32. The number of carbonyl (C=O) groups is 6. The van der Waals surface area contributed by atoms with Gasteiger partial charge in [0.15, 0.2) is 0 Å².